The van der Waals surface area contributed by atoms with Crippen LogP contribution in [-0.4, -0.2) is 14.8 Å². The van der Waals surface area contributed by atoms with Gasteiger partial charge in [-0.2, -0.15) is 5.10 Å². The van der Waals surface area contributed by atoms with Crippen LogP contribution >= 0.6 is 27.3 Å². The minimum absolute atomic E-state index is 0.164. The third kappa shape index (κ3) is 2.30. The highest BCUT2D eigenvalue weighted by atomic mass is 79.9. The Labute approximate surface area is 104 Å². The van der Waals surface area contributed by atoms with E-state index in [2.05, 4.69) is 31.3 Å². The van der Waals surface area contributed by atoms with E-state index in [0.29, 0.717) is 16.7 Å². The van der Waals surface area contributed by atoms with E-state index in [9.17, 15) is 4.79 Å². The van der Waals surface area contributed by atoms with Crippen LogP contribution in [0.1, 0.15) is 5.69 Å². The second kappa shape index (κ2) is 4.75. The molecular formula is C9H9BrN4OS. The molecule has 84 valence electrons. The van der Waals surface area contributed by atoms with Gasteiger partial charge in [0.15, 0.2) is 0 Å². The summed E-state index contributed by atoms with van der Waals surface area (Å²) < 4.78 is 1.76. The fourth-order valence-corrected chi connectivity index (χ4v) is 2.20. The van der Waals surface area contributed by atoms with Crippen LogP contribution in [0.2, 0.25) is 0 Å². The number of hydrogen-bond acceptors (Lipinski definition) is 5. The standard InChI is InChI=1S/C9H9BrN4OS/c1-14-9(15)8(10)7(3-13-14)11-2-6-4-16-5-12-6/h3-5,11H,2H2,1H3. The minimum Gasteiger partial charge on any atom is -0.377 e. The maximum atomic E-state index is 11.6. The molecule has 0 aliphatic carbocycles. The Balaban J connectivity index is 2.16. The van der Waals surface area contributed by atoms with Crippen LogP contribution in [0.5, 0.6) is 0 Å². The summed E-state index contributed by atoms with van der Waals surface area (Å²) in [4.78, 5) is 15.7. The molecule has 0 fully saturated rings. The summed E-state index contributed by atoms with van der Waals surface area (Å²) in [5.74, 6) is 0. The van der Waals surface area contributed by atoms with Crippen LogP contribution < -0.4 is 10.9 Å². The largest absolute Gasteiger partial charge is 0.377 e. The number of thiazole rings is 1. The predicted molar refractivity (Wildman–Crippen MR) is 66.6 cm³/mol. The Morgan fingerprint density at radius 2 is 2.44 bits per heavy atom. The van der Waals surface area contributed by atoms with Gasteiger partial charge in [-0.1, -0.05) is 0 Å². The SMILES string of the molecule is Cn1ncc(NCc2cscn2)c(Br)c1=O. The van der Waals surface area contributed by atoms with E-state index >= 15 is 0 Å². The van der Waals surface area contributed by atoms with Gasteiger partial charge in [-0.15, -0.1) is 11.3 Å². The zero-order chi connectivity index (χ0) is 11.5. The van der Waals surface area contributed by atoms with Crippen LogP contribution in [0, 0.1) is 0 Å². The van der Waals surface area contributed by atoms with Crippen LogP contribution in [0.3, 0.4) is 0 Å². The lowest BCUT2D eigenvalue weighted by Gasteiger charge is -2.06. The zero-order valence-electron chi connectivity index (χ0n) is 8.48. The molecule has 0 atom stereocenters. The molecule has 0 saturated heterocycles. The molecule has 2 rings (SSSR count). The molecule has 0 unspecified atom stereocenters. The van der Waals surface area contributed by atoms with Crippen molar-refractivity contribution in [3.8, 4) is 0 Å². The second-order valence-electron chi connectivity index (χ2n) is 3.13. The second-order valence-corrected chi connectivity index (χ2v) is 4.65. The molecular weight excluding hydrogens is 292 g/mol. The normalized spacial score (nSPS) is 10.4. The van der Waals surface area contributed by atoms with Crippen molar-refractivity contribution in [2.45, 2.75) is 6.54 Å². The molecule has 0 bridgehead atoms. The van der Waals surface area contributed by atoms with Crippen molar-refractivity contribution in [3.05, 3.63) is 37.6 Å². The molecule has 7 heteroatoms. The summed E-state index contributed by atoms with van der Waals surface area (Å²) in [5, 5.41) is 8.99. The summed E-state index contributed by atoms with van der Waals surface area (Å²) in [6, 6.07) is 0. The first-order chi connectivity index (χ1) is 7.68. The quantitative estimate of drug-likeness (QED) is 0.935. The number of halogens is 1. The van der Waals surface area contributed by atoms with Crippen molar-refractivity contribution in [2.75, 3.05) is 5.32 Å². The molecule has 0 spiro atoms. The molecule has 1 N–H and O–H groups in total. The first-order valence-electron chi connectivity index (χ1n) is 4.51. The number of hydrogen-bond donors (Lipinski definition) is 1. The van der Waals surface area contributed by atoms with Gasteiger partial charge in [-0.05, 0) is 15.9 Å². The van der Waals surface area contributed by atoms with Gasteiger partial charge in [0.05, 0.1) is 29.6 Å². The van der Waals surface area contributed by atoms with E-state index in [1.54, 1.807) is 30.1 Å². The summed E-state index contributed by atoms with van der Waals surface area (Å²) >= 11 is 4.78. The van der Waals surface area contributed by atoms with Gasteiger partial charge in [0.1, 0.15) is 4.47 Å². The van der Waals surface area contributed by atoms with E-state index < -0.39 is 0 Å². The summed E-state index contributed by atoms with van der Waals surface area (Å²) in [6.45, 7) is 0.580. The van der Waals surface area contributed by atoms with Crippen molar-refractivity contribution in [2.24, 2.45) is 7.05 Å². The van der Waals surface area contributed by atoms with Crippen molar-refractivity contribution >= 4 is 33.0 Å². The van der Waals surface area contributed by atoms with Gasteiger partial charge < -0.3 is 5.32 Å². The molecule has 2 aromatic rings. The Hall–Kier alpha value is -1.21. The Kier molecular flexibility index (Phi) is 3.35. The highest BCUT2D eigenvalue weighted by Crippen LogP contribution is 2.16. The lowest BCUT2D eigenvalue weighted by Crippen LogP contribution is -2.21. The molecule has 0 amide bonds. The average molecular weight is 301 g/mol. The molecule has 0 radical (unpaired) electrons. The maximum Gasteiger partial charge on any atom is 0.282 e. The molecule has 16 heavy (non-hydrogen) atoms. The Morgan fingerprint density at radius 3 is 3.12 bits per heavy atom. The molecule has 0 aliphatic rings. The topological polar surface area (TPSA) is 59.8 Å². The van der Waals surface area contributed by atoms with Crippen LogP contribution in [-0.2, 0) is 13.6 Å². The summed E-state index contributed by atoms with van der Waals surface area (Å²) in [6.07, 6.45) is 1.61. The smallest absolute Gasteiger partial charge is 0.282 e. The number of aryl methyl sites for hydroxylation is 1. The molecule has 2 heterocycles. The van der Waals surface area contributed by atoms with Gasteiger partial charge in [-0.3, -0.25) is 4.79 Å². The number of rotatable bonds is 3. The number of aromatic nitrogens is 3. The first-order valence-corrected chi connectivity index (χ1v) is 6.25. The van der Waals surface area contributed by atoms with E-state index in [4.69, 9.17) is 0 Å². The number of nitrogens with one attached hydrogen (secondary N) is 1. The third-order valence-corrected chi connectivity index (χ3v) is 3.42. The average Bonchev–Trinajstić information content (AvgIpc) is 2.78. The molecule has 0 aliphatic heterocycles. The van der Waals surface area contributed by atoms with E-state index in [0.717, 1.165) is 5.69 Å². The van der Waals surface area contributed by atoms with Crippen LogP contribution in [0.4, 0.5) is 5.69 Å². The summed E-state index contributed by atoms with van der Waals surface area (Å²) in [5.41, 5.74) is 3.23. The lowest BCUT2D eigenvalue weighted by atomic mass is 10.4. The van der Waals surface area contributed by atoms with Gasteiger partial charge in [0.25, 0.3) is 5.56 Å². The van der Waals surface area contributed by atoms with Crippen LogP contribution in [0.25, 0.3) is 0 Å². The number of nitrogens with zero attached hydrogens (tertiary/aromatic N) is 3. The fraction of sp³-hybridized carbons (Fsp3) is 0.222. The van der Waals surface area contributed by atoms with Gasteiger partial charge >= 0.3 is 0 Å². The molecule has 2 aromatic heterocycles. The number of anilines is 1. The molecule has 0 saturated carbocycles. The fourth-order valence-electron chi connectivity index (χ4n) is 1.14. The van der Waals surface area contributed by atoms with Gasteiger partial charge in [0.2, 0.25) is 0 Å². The van der Waals surface area contributed by atoms with Crippen LogP contribution in [0.15, 0.2) is 26.4 Å². The Bertz CT molecular complexity index is 537. The summed E-state index contributed by atoms with van der Waals surface area (Å²) in [7, 11) is 1.61. The van der Waals surface area contributed by atoms with Gasteiger partial charge in [-0.25, -0.2) is 9.67 Å². The lowest BCUT2D eigenvalue weighted by molar-refractivity contribution is 0.703. The monoisotopic (exact) mass is 300 g/mol. The minimum atomic E-state index is -0.164. The van der Waals surface area contributed by atoms with Crippen molar-refractivity contribution in [1.82, 2.24) is 14.8 Å². The molecule has 0 aromatic carbocycles. The third-order valence-electron chi connectivity index (χ3n) is 2.02. The van der Waals surface area contributed by atoms with E-state index in [-0.39, 0.29) is 5.56 Å². The van der Waals surface area contributed by atoms with Crippen molar-refractivity contribution < 1.29 is 0 Å². The van der Waals surface area contributed by atoms with E-state index in [1.807, 2.05) is 5.38 Å². The molecule has 5 nitrogen and oxygen atoms in total. The highest BCUT2D eigenvalue weighted by Gasteiger charge is 2.06. The first kappa shape index (κ1) is 11.3. The Morgan fingerprint density at radius 1 is 1.62 bits per heavy atom. The highest BCUT2D eigenvalue weighted by molar-refractivity contribution is 9.10. The van der Waals surface area contributed by atoms with Crippen molar-refractivity contribution in [1.29, 1.82) is 0 Å². The predicted octanol–water partition coefficient (Wildman–Crippen LogP) is 1.61. The maximum absolute atomic E-state index is 11.6. The van der Waals surface area contributed by atoms with E-state index in [1.165, 1.54) is 4.68 Å². The zero-order valence-corrected chi connectivity index (χ0v) is 10.9. The van der Waals surface area contributed by atoms with Crippen molar-refractivity contribution in [3.63, 3.8) is 0 Å². The van der Waals surface area contributed by atoms with Gasteiger partial charge in [0, 0.05) is 12.4 Å².